The monoisotopic (exact) mass is 866 g/mol. The minimum absolute atomic E-state index is 0.529. The molecule has 8 bridgehead atoms. The summed E-state index contributed by atoms with van der Waals surface area (Å²) in [6.07, 6.45) is 0. The van der Waals surface area contributed by atoms with Gasteiger partial charge in [-0.2, -0.15) is 0 Å². The van der Waals surface area contributed by atoms with Gasteiger partial charge in [-0.3, -0.25) is 4.90 Å². The highest BCUT2D eigenvalue weighted by Gasteiger charge is 2.45. The van der Waals surface area contributed by atoms with Crippen LogP contribution in [0.4, 0.5) is 5.69 Å². The third kappa shape index (κ3) is 5.39. The first-order chi connectivity index (χ1) is 33.6. The number of anilines is 1. The molecule has 15 rings (SSSR count). The Labute approximate surface area is 389 Å². The molecular formula is C60H34N8. The highest BCUT2D eigenvalue weighted by molar-refractivity contribution is 6.42. The Balaban J connectivity index is 1.11. The molecule has 0 saturated heterocycles. The summed E-state index contributed by atoms with van der Waals surface area (Å²) in [6, 6.07) is 72.0. The highest BCUT2D eigenvalue weighted by atomic mass is 15.3. The summed E-state index contributed by atoms with van der Waals surface area (Å²) in [5.74, 6) is 4.09. The zero-order valence-corrected chi connectivity index (χ0v) is 36.2. The molecule has 5 aliphatic rings. The van der Waals surface area contributed by atoms with Crippen molar-refractivity contribution in [1.82, 2.24) is 0 Å². The first-order valence-electron chi connectivity index (χ1n) is 22.8. The van der Waals surface area contributed by atoms with Gasteiger partial charge in [0.2, 0.25) is 5.66 Å². The Morgan fingerprint density at radius 2 is 0.603 bits per heavy atom. The number of hydrogen-bond acceptors (Lipinski definition) is 8. The second-order valence-electron chi connectivity index (χ2n) is 17.7. The van der Waals surface area contributed by atoms with Gasteiger partial charge in [-0.15, -0.1) is 0 Å². The second kappa shape index (κ2) is 13.9. The zero-order valence-electron chi connectivity index (χ0n) is 36.2. The van der Waals surface area contributed by atoms with Crippen LogP contribution in [-0.2, 0) is 5.66 Å². The summed E-state index contributed by atoms with van der Waals surface area (Å²) >= 11 is 0. The molecule has 8 nitrogen and oxygen atoms in total. The van der Waals surface area contributed by atoms with Crippen molar-refractivity contribution in [3.05, 3.63) is 256 Å². The van der Waals surface area contributed by atoms with E-state index in [-0.39, 0.29) is 0 Å². The molecule has 0 N–H and O–H groups in total. The van der Waals surface area contributed by atoms with Crippen molar-refractivity contribution in [3.63, 3.8) is 0 Å². The van der Waals surface area contributed by atoms with Crippen molar-refractivity contribution in [3.8, 4) is 0 Å². The van der Waals surface area contributed by atoms with Gasteiger partial charge in [0.1, 0.15) is 11.7 Å². The van der Waals surface area contributed by atoms with Crippen molar-refractivity contribution in [2.45, 2.75) is 5.66 Å². The Bertz CT molecular complexity index is 4140. The summed E-state index contributed by atoms with van der Waals surface area (Å²) in [4.78, 5) is 41.4. The lowest BCUT2D eigenvalue weighted by molar-refractivity contribution is 0.588. The van der Waals surface area contributed by atoms with Gasteiger partial charge < -0.3 is 0 Å². The maximum atomic E-state index is 5.79. The van der Waals surface area contributed by atoms with Crippen LogP contribution in [0.15, 0.2) is 241 Å². The Hall–Kier alpha value is -9.27. The molecule has 0 spiro atoms. The van der Waals surface area contributed by atoms with Crippen LogP contribution < -0.4 is 4.90 Å². The molecule has 0 aromatic heterocycles. The van der Waals surface area contributed by atoms with Crippen LogP contribution in [0.1, 0.15) is 50.1 Å². The standard InChI is InChI=1S/C60H34N8/c1-3-23-43(24-4-1)60-52-34-42-22-14-13-21-41(42)33-51(52)57(67-60)63-55-48-30-38-18-10-12-20-40(38)32-50(48)59(65-55)68(44-25-5-2-6-26-44)58-49-31-39-19-11-9-17-37(39)29-47(49)54(64-58)61-53-45-27-35-15-7-8-16-36(35)28-46(45)56(62-53)66-60/h1-34H. The van der Waals surface area contributed by atoms with E-state index < -0.39 is 5.66 Å². The van der Waals surface area contributed by atoms with E-state index in [9.17, 15) is 0 Å². The number of aliphatic imine (C=N–C) groups is 7. The molecule has 0 saturated carbocycles. The van der Waals surface area contributed by atoms with E-state index in [1.165, 1.54) is 0 Å². The second-order valence-corrected chi connectivity index (χ2v) is 17.7. The normalized spacial score (nSPS) is 17.5. The summed E-state index contributed by atoms with van der Waals surface area (Å²) in [5, 5.41) is 8.67. The minimum atomic E-state index is -1.28. The van der Waals surface area contributed by atoms with Crippen LogP contribution in [0.3, 0.4) is 0 Å². The topological polar surface area (TPSA) is 89.8 Å². The molecule has 5 aliphatic heterocycles. The van der Waals surface area contributed by atoms with Gasteiger partial charge in [-0.1, -0.05) is 146 Å². The maximum absolute atomic E-state index is 5.79. The summed E-state index contributed by atoms with van der Waals surface area (Å²) in [7, 11) is 0. The molecule has 10 aromatic rings. The smallest absolute Gasteiger partial charge is 0.206 e. The molecule has 0 amide bonds. The fourth-order valence-electron chi connectivity index (χ4n) is 10.6. The maximum Gasteiger partial charge on any atom is 0.206 e. The lowest BCUT2D eigenvalue weighted by atomic mass is 9.89. The zero-order chi connectivity index (χ0) is 44.5. The molecule has 10 aromatic carbocycles. The van der Waals surface area contributed by atoms with E-state index in [1.807, 2.05) is 24.3 Å². The molecule has 5 heterocycles. The number of amidine groups is 7. The van der Waals surface area contributed by atoms with Crippen molar-refractivity contribution in [1.29, 1.82) is 0 Å². The lowest BCUT2D eigenvalue weighted by Gasteiger charge is -2.25. The van der Waals surface area contributed by atoms with Crippen LogP contribution in [0.25, 0.3) is 43.1 Å². The fourth-order valence-corrected chi connectivity index (χ4v) is 10.6. The molecule has 8 heteroatoms. The Morgan fingerprint density at radius 1 is 0.279 bits per heavy atom. The summed E-state index contributed by atoms with van der Waals surface area (Å²) < 4.78 is 0. The number of benzene rings is 10. The SMILES string of the molecule is c1ccc(N2C3=NC(=NC4=NC(=NC5(c6ccccc6)N=C(N=C6N=C2c2cc7ccccc7cc26)c2cc6ccccc6cc25)c2cc5ccccc5cc24)c2cc4ccccc4cc23)cc1. The largest absolute Gasteiger partial charge is 0.278 e. The predicted octanol–water partition coefficient (Wildman–Crippen LogP) is 12.4. The van der Waals surface area contributed by atoms with Crippen molar-refractivity contribution in [2.24, 2.45) is 34.9 Å². The number of fused-ring (bicyclic) bond motifs is 20. The molecule has 1 unspecified atom stereocenters. The average Bonchev–Trinajstić information content (AvgIpc) is 4.11. The van der Waals surface area contributed by atoms with E-state index in [4.69, 9.17) is 34.9 Å². The molecule has 1 atom stereocenters. The van der Waals surface area contributed by atoms with Gasteiger partial charge in [-0.25, -0.2) is 34.9 Å². The van der Waals surface area contributed by atoms with E-state index in [1.54, 1.807) is 0 Å². The Morgan fingerprint density at radius 3 is 1.07 bits per heavy atom. The Kier molecular flexibility index (Phi) is 7.55. The summed E-state index contributed by atoms with van der Waals surface area (Å²) in [6.45, 7) is 0. The van der Waals surface area contributed by atoms with E-state index in [2.05, 4.69) is 187 Å². The van der Waals surface area contributed by atoms with Crippen LogP contribution in [0, 0.1) is 0 Å². The van der Waals surface area contributed by atoms with Gasteiger partial charge in [0, 0.05) is 55.8 Å². The molecule has 0 aliphatic carbocycles. The average molecular weight is 867 g/mol. The molecular weight excluding hydrogens is 833 g/mol. The van der Waals surface area contributed by atoms with Crippen molar-refractivity contribution in [2.75, 3.05) is 4.90 Å². The number of para-hydroxylation sites is 1. The minimum Gasteiger partial charge on any atom is -0.278 e. The number of rotatable bonds is 2. The van der Waals surface area contributed by atoms with Crippen LogP contribution in [0.5, 0.6) is 0 Å². The van der Waals surface area contributed by atoms with Gasteiger partial charge >= 0.3 is 0 Å². The predicted molar refractivity (Wildman–Crippen MR) is 278 cm³/mol. The third-order valence-corrected chi connectivity index (χ3v) is 13.8. The number of hydrogen-bond donors (Lipinski definition) is 0. The van der Waals surface area contributed by atoms with E-state index in [0.29, 0.717) is 40.8 Å². The molecule has 314 valence electrons. The van der Waals surface area contributed by atoms with Gasteiger partial charge in [0.25, 0.3) is 0 Å². The van der Waals surface area contributed by atoms with Gasteiger partial charge in [-0.05, 0) is 104 Å². The molecule has 0 radical (unpaired) electrons. The fraction of sp³-hybridized carbons (Fsp3) is 0.0167. The first-order valence-corrected chi connectivity index (χ1v) is 22.8. The lowest BCUT2D eigenvalue weighted by Crippen LogP contribution is -2.37. The van der Waals surface area contributed by atoms with Crippen LogP contribution in [0.2, 0.25) is 0 Å². The van der Waals surface area contributed by atoms with E-state index in [0.717, 1.165) is 98.8 Å². The van der Waals surface area contributed by atoms with E-state index >= 15 is 0 Å². The van der Waals surface area contributed by atoms with Crippen LogP contribution >= 0.6 is 0 Å². The third-order valence-electron chi connectivity index (χ3n) is 13.8. The van der Waals surface area contributed by atoms with Crippen molar-refractivity contribution < 1.29 is 0 Å². The van der Waals surface area contributed by atoms with Crippen LogP contribution in [-0.4, -0.2) is 40.8 Å². The first kappa shape index (κ1) is 37.0. The molecule has 68 heavy (non-hydrogen) atoms. The number of nitrogens with zero attached hydrogens (tertiary/aromatic N) is 8. The highest BCUT2D eigenvalue weighted by Crippen LogP contribution is 2.46. The summed E-state index contributed by atoms with van der Waals surface area (Å²) in [5.41, 5.74) is 7.71. The molecule has 0 fully saturated rings. The quantitative estimate of drug-likeness (QED) is 0.170. The van der Waals surface area contributed by atoms with Gasteiger partial charge in [0.05, 0.1) is 0 Å². The van der Waals surface area contributed by atoms with Crippen molar-refractivity contribution >= 4 is 89.6 Å². The van der Waals surface area contributed by atoms with Gasteiger partial charge in [0.15, 0.2) is 29.2 Å².